The van der Waals surface area contributed by atoms with Crippen molar-refractivity contribution in [3.8, 4) is 17.0 Å². The smallest absolute Gasteiger partial charge is 0.295 e. The molecule has 10 nitrogen and oxygen atoms in total. The molecule has 1 aliphatic heterocycles. The van der Waals surface area contributed by atoms with Gasteiger partial charge in [0.2, 0.25) is 17.7 Å². The minimum absolute atomic E-state index is 0.0612. The molecular weight excluding hydrogens is 387 g/mol. The van der Waals surface area contributed by atoms with Crippen molar-refractivity contribution >= 4 is 10.1 Å². The number of hydrogen-bond acceptors (Lipinski definition) is 9. The van der Waals surface area contributed by atoms with Crippen LogP contribution in [0.2, 0.25) is 0 Å². The molecule has 1 aliphatic rings. The largest absolute Gasteiger partial charge is 0.462 e. The van der Waals surface area contributed by atoms with Crippen LogP contribution in [0.3, 0.4) is 0 Å². The van der Waals surface area contributed by atoms with Gasteiger partial charge in [-0.3, -0.25) is 9.54 Å². The summed E-state index contributed by atoms with van der Waals surface area (Å²) in [6.07, 6.45) is -4.97. The van der Waals surface area contributed by atoms with E-state index < -0.39 is 46.1 Å². The molecule has 0 bridgehead atoms. The fourth-order valence-corrected chi connectivity index (χ4v) is 3.23. The highest BCUT2D eigenvalue weighted by Gasteiger charge is 2.50. The van der Waals surface area contributed by atoms with E-state index in [2.05, 4.69) is 9.97 Å². The molecule has 3 heterocycles. The van der Waals surface area contributed by atoms with Gasteiger partial charge in [0.05, 0.1) is 5.69 Å². The summed E-state index contributed by atoms with van der Waals surface area (Å²) in [6, 6.07) is 5.29. The van der Waals surface area contributed by atoms with Gasteiger partial charge in [0.15, 0.2) is 0 Å². The topological polar surface area (TPSA) is 159 Å². The number of halogens is 1. The predicted octanol–water partition coefficient (Wildman–Crippen LogP) is -0.686. The van der Waals surface area contributed by atoms with Crippen LogP contribution in [0.1, 0.15) is 0 Å². The van der Waals surface area contributed by atoms with Crippen LogP contribution in [0.25, 0.3) is 11.3 Å². The minimum atomic E-state index is -4.89. The van der Waals surface area contributed by atoms with Crippen LogP contribution in [0.5, 0.6) is 5.75 Å². The first-order valence-electron chi connectivity index (χ1n) is 7.57. The monoisotopic (exact) mass is 402 g/mol. The maximum absolute atomic E-state index is 12.9. The summed E-state index contributed by atoms with van der Waals surface area (Å²) in [6.45, 7) is 0. The van der Waals surface area contributed by atoms with Crippen molar-refractivity contribution in [2.75, 3.05) is 0 Å². The summed E-state index contributed by atoms with van der Waals surface area (Å²) in [5.41, 5.74) is -1.42. The van der Waals surface area contributed by atoms with Gasteiger partial charge in [-0.1, -0.05) is 0 Å². The summed E-state index contributed by atoms with van der Waals surface area (Å²) in [4.78, 5) is 7.56. The molecule has 2 aromatic rings. The summed E-state index contributed by atoms with van der Waals surface area (Å²) < 4.78 is 54.9. The Balaban J connectivity index is 1.83. The fraction of sp³-hybridized carbons (Fsp3) is 0.333. The van der Waals surface area contributed by atoms with Gasteiger partial charge in [0, 0.05) is 24.0 Å². The minimum Gasteiger partial charge on any atom is -0.462 e. The molecular formula is C15H15FN2O8S. The zero-order valence-electron chi connectivity index (χ0n) is 13.5. The van der Waals surface area contributed by atoms with Gasteiger partial charge in [-0.15, -0.1) is 0 Å². The standard InChI is InChI=1S/C15H15FN2O8S/c16-10-2-1-7(6-18-10)9-5-8(3-4-17-9)25-14-12(20)11(19)13(21)15(26-14)27(22,23)24/h1-6,11-15,19-21H,(H,22,23,24)/t11-,12-,13+,14-,15?/m1/s1. The first-order chi connectivity index (χ1) is 12.7. The number of rotatable bonds is 4. The highest BCUT2D eigenvalue weighted by molar-refractivity contribution is 7.86. The molecule has 4 N–H and O–H groups in total. The van der Waals surface area contributed by atoms with E-state index in [4.69, 9.17) is 14.0 Å². The molecule has 1 saturated heterocycles. The molecule has 146 valence electrons. The Kier molecular flexibility index (Phi) is 5.37. The Labute approximate surface area is 152 Å². The third kappa shape index (κ3) is 4.21. The highest BCUT2D eigenvalue weighted by atomic mass is 32.2. The molecule has 1 fully saturated rings. The second-order valence-electron chi connectivity index (χ2n) is 5.72. The predicted molar refractivity (Wildman–Crippen MR) is 86.3 cm³/mol. The van der Waals surface area contributed by atoms with E-state index in [9.17, 15) is 28.1 Å². The van der Waals surface area contributed by atoms with Crippen molar-refractivity contribution < 1.29 is 42.2 Å². The molecule has 0 amide bonds. The lowest BCUT2D eigenvalue weighted by molar-refractivity contribution is -0.254. The molecule has 1 unspecified atom stereocenters. The summed E-state index contributed by atoms with van der Waals surface area (Å²) in [7, 11) is -4.89. The maximum Gasteiger partial charge on any atom is 0.295 e. The number of hydrogen-bond donors (Lipinski definition) is 4. The van der Waals surface area contributed by atoms with E-state index in [1.54, 1.807) is 0 Å². The van der Waals surface area contributed by atoms with Crippen molar-refractivity contribution in [3.05, 3.63) is 42.6 Å². The summed E-state index contributed by atoms with van der Waals surface area (Å²) in [5.74, 6) is -0.611. The number of ether oxygens (including phenoxy) is 2. The van der Waals surface area contributed by atoms with Gasteiger partial charge in [0.25, 0.3) is 10.1 Å². The summed E-state index contributed by atoms with van der Waals surface area (Å²) >= 11 is 0. The van der Waals surface area contributed by atoms with E-state index in [1.165, 1.54) is 30.6 Å². The average molecular weight is 402 g/mol. The van der Waals surface area contributed by atoms with Crippen molar-refractivity contribution in [3.63, 3.8) is 0 Å². The first-order valence-corrected chi connectivity index (χ1v) is 9.08. The number of nitrogens with zero attached hydrogens (tertiary/aromatic N) is 2. The van der Waals surface area contributed by atoms with Gasteiger partial charge < -0.3 is 24.8 Å². The summed E-state index contributed by atoms with van der Waals surface area (Å²) in [5, 5.41) is 29.4. The van der Waals surface area contributed by atoms with Crippen LogP contribution in [-0.2, 0) is 14.9 Å². The van der Waals surface area contributed by atoms with Crippen LogP contribution in [-0.4, -0.2) is 68.3 Å². The van der Waals surface area contributed by atoms with E-state index in [0.717, 1.165) is 6.07 Å². The molecule has 2 aromatic heterocycles. The molecule has 27 heavy (non-hydrogen) atoms. The lowest BCUT2D eigenvalue weighted by Gasteiger charge is -2.38. The van der Waals surface area contributed by atoms with Crippen molar-refractivity contribution in [2.45, 2.75) is 30.0 Å². The molecule has 0 saturated carbocycles. The second kappa shape index (κ2) is 7.42. The number of aliphatic hydroxyl groups is 3. The zero-order valence-corrected chi connectivity index (χ0v) is 14.3. The van der Waals surface area contributed by atoms with E-state index in [1.807, 2.05) is 0 Å². The van der Waals surface area contributed by atoms with Gasteiger partial charge in [-0.25, -0.2) is 4.98 Å². The first kappa shape index (κ1) is 19.5. The van der Waals surface area contributed by atoms with Gasteiger partial charge in [-0.05, 0) is 18.2 Å². The van der Waals surface area contributed by atoms with Crippen LogP contribution in [0.4, 0.5) is 4.39 Å². The number of aliphatic hydroxyl groups excluding tert-OH is 3. The Morgan fingerprint density at radius 1 is 1.07 bits per heavy atom. The van der Waals surface area contributed by atoms with E-state index in [0.29, 0.717) is 11.3 Å². The number of pyridine rings is 2. The zero-order chi connectivity index (χ0) is 19.8. The maximum atomic E-state index is 12.9. The van der Waals surface area contributed by atoms with Crippen LogP contribution in [0, 0.1) is 5.95 Å². The second-order valence-corrected chi connectivity index (χ2v) is 7.22. The van der Waals surface area contributed by atoms with Crippen molar-refractivity contribution in [1.82, 2.24) is 9.97 Å². The molecule has 0 aliphatic carbocycles. The van der Waals surface area contributed by atoms with Gasteiger partial charge in [-0.2, -0.15) is 12.8 Å². The molecule has 12 heteroatoms. The van der Waals surface area contributed by atoms with E-state index >= 15 is 0 Å². The Morgan fingerprint density at radius 3 is 2.44 bits per heavy atom. The van der Waals surface area contributed by atoms with Crippen molar-refractivity contribution in [1.29, 1.82) is 0 Å². The lowest BCUT2D eigenvalue weighted by atomic mass is 10.1. The molecule has 0 aromatic carbocycles. The molecule has 3 rings (SSSR count). The third-order valence-electron chi connectivity index (χ3n) is 3.83. The Hall–Kier alpha value is -2.22. The Morgan fingerprint density at radius 2 is 1.81 bits per heavy atom. The molecule has 0 spiro atoms. The molecule has 0 radical (unpaired) electrons. The fourth-order valence-electron chi connectivity index (χ4n) is 2.46. The quantitative estimate of drug-likeness (QED) is 0.381. The average Bonchev–Trinajstić information content (AvgIpc) is 2.62. The van der Waals surface area contributed by atoms with Crippen LogP contribution >= 0.6 is 0 Å². The van der Waals surface area contributed by atoms with Crippen LogP contribution < -0.4 is 4.74 Å². The third-order valence-corrected chi connectivity index (χ3v) is 4.80. The van der Waals surface area contributed by atoms with Crippen LogP contribution in [0.15, 0.2) is 36.7 Å². The molecule has 5 atom stereocenters. The highest BCUT2D eigenvalue weighted by Crippen LogP contribution is 2.28. The number of aromatic nitrogens is 2. The van der Waals surface area contributed by atoms with E-state index in [-0.39, 0.29) is 5.75 Å². The Bertz CT molecular complexity index is 910. The normalized spacial score (nSPS) is 28.7. The van der Waals surface area contributed by atoms with Crippen molar-refractivity contribution in [2.24, 2.45) is 0 Å². The van der Waals surface area contributed by atoms with Gasteiger partial charge >= 0.3 is 0 Å². The SMILES string of the molecule is O=S(=O)(O)C1O[C@@H](Oc2ccnc(-c3ccc(F)nc3)c2)[C@H](O)[C@@H](O)[C@@H]1O. The van der Waals surface area contributed by atoms with Gasteiger partial charge in [0.1, 0.15) is 24.1 Å². The lowest BCUT2D eigenvalue weighted by Crippen LogP contribution is -2.61.